The number of hydrogen-bond acceptors (Lipinski definition) is 2. The standard InChI is InChI=1S/C18H22N2O/c1-19(2)15-18(21)20(13-16-9-5-3-6-10-16)14-17-11-7-4-8-12-17/h3-12H,13-15H2,1-2H3. The maximum atomic E-state index is 12.4. The summed E-state index contributed by atoms with van der Waals surface area (Å²) in [5, 5.41) is 0. The molecule has 0 fully saturated rings. The number of benzene rings is 2. The van der Waals surface area contributed by atoms with Crippen LogP contribution in [0.15, 0.2) is 60.7 Å². The van der Waals surface area contributed by atoms with E-state index in [1.54, 1.807) is 0 Å². The highest BCUT2D eigenvalue weighted by Crippen LogP contribution is 2.10. The highest BCUT2D eigenvalue weighted by Gasteiger charge is 2.15. The van der Waals surface area contributed by atoms with Crippen molar-refractivity contribution in [1.29, 1.82) is 0 Å². The van der Waals surface area contributed by atoms with Crippen molar-refractivity contribution < 1.29 is 4.79 Å². The lowest BCUT2D eigenvalue weighted by atomic mass is 10.1. The van der Waals surface area contributed by atoms with Crippen molar-refractivity contribution in [2.24, 2.45) is 0 Å². The van der Waals surface area contributed by atoms with E-state index >= 15 is 0 Å². The van der Waals surface area contributed by atoms with Gasteiger partial charge in [0.05, 0.1) is 6.54 Å². The number of likely N-dealkylation sites (N-methyl/N-ethyl adjacent to an activating group) is 1. The van der Waals surface area contributed by atoms with Crippen molar-refractivity contribution in [3.8, 4) is 0 Å². The lowest BCUT2D eigenvalue weighted by molar-refractivity contribution is -0.133. The van der Waals surface area contributed by atoms with Gasteiger partial charge in [-0.2, -0.15) is 0 Å². The second-order valence-electron chi connectivity index (χ2n) is 5.46. The Labute approximate surface area is 126 Å². The molecule has 110 valence electrons. The van der Waals surface area contributed by atoms with E-state index in [4.69, 9.17) is 0 Å². The third kappa shape index (κ3) is 5.04. The van der Waals surface area contributed by atoms with E-state index < -0.39 is 0 Å². The second kappa shape index (κ2) is 7.60. The fraction of sp³-hybridized carbons (Fsp3) is 0.278. The third-order valence-corrected chi connectivity index (χ3v) is 3.24. The summed E-state index contributed by atoms with van der Waals surface area (Å²) in [6.07, 6.45) is 0. The zero-order chi connectivity index (χ0) is 15.1. The van der Waals surface area contributed by atoms with Crippen LogP contribution in [0.4, 0.5) is 0 Å². The van der Waals surface area contributed by atoms with Crippen LogP contribution in [0, 0.1) is 0 Å². The fourth-order valence-electron chi connectivity index (χ4n) is 2.21. The molecule has 3 nitrogen and oxygen atoms in total. The Balaban J connectivity index is 2.12. The largest absolute Gasteiger partial charge is 0.333 e. The van der Waals surface area contributed by atoms with Gasteiger partial charge in [0.1, 0.15) is 0 Å². The molecule has 0 heterocycles. The van der Waals surface area contributed by atoms with Gasteiger partial charge in [-0.3, -0.25) is 4.79 Å². The van der Waals surface area contributed by atoms with E-state index in [0.29, 0.717) is 19.6 Å². The first-order valence-corrected chi connectivity index (χ1v) is 7.15. The van der Waals surface area contributed by atoms with Crippen molar-refractivity contribution in [3.63, 3.8) is 0 Å². The number of carbonyl (C=O) groups is 1. The van der Waals surface area contributed by atoms with E-state index in [1.807, 2.05) is 60.3 Å². The van der Waals surface area contributed by atoms with E-state index in [2.05, 4.69) is 24.3 Å². The summed E-state index contributed by atoms with van der Waals surface area (Å²) in [5.74, 6) is 0.146. The van der Waals surface area contributed by atoms with Crippen molar-refractivity contribution in [2.75, 3.05) is 20.6 Å². The first-order chi connectivity index (χ1) is 10.1. The topological polar surface area (TPSA) is 23.6 Å². The normalized spacial score (nSPS) is 10.6. The molecule has 0 spiro atoms. The van der Waals surface area contributed by atoms with Crippen LogP contribution in [0.5, 0.6) is 0 Å². The molecule has 1 amide bonds. The highest BCUT2D eigenvalue weighted by molar-refractivity contribution is 5.78. The molecule has 2 rings (SSSR count). The highest BCUT2D eigenvalue weighted by atomic mass is 16.2. The van der Waals surface area contributed by atoms with Gasteiger partial charge in [0.25, 0.3) is 0 Å². The van der Waals surface area contributed by atoms with E-state index in [0.717, 1.165) is 11.1 Å². The smallest absolute Gasteiger partial charge is 0.237 e. The summed E-state index contributed by atoms with van der Waals surface area (Å²) < 4.78 is 0. The lowest BCUT2D eigenvalue weighted by Gasteiger charge is -2.24. The minimum atomic E-state index is 0.146. The number of hydrogen-bond donors (Lipinski definition) is 0. The van der Waals surface area contributed by atoms with Gasteiger partial charge in [-0.15, -0.1) is 0 Å². The minimum Gasteiger partial charge on any atom is -0.333 e. The Hall–Kier alpha value is -2.13. The summed E-state index contributed by atoms with van der Waals surface area (Å²) in [7, 11) is 3.84. The summed E-state index contributed by atoms with van der Waals surface area (Å²) in [6.45, 7) is 1.71. The second-order valence-corrected chi connectivity index (χ2v) is 5.46. The molecule has 0 aliphatic carbocycles. The summed E-state index contributed by atoms with van der Waals surface area (Å²) >= 11 is 0. The molecule has 2 aromatic carbocycles. The zero-order valence-corrected chi connectivity index (χ0v) is 12.7. The Kier molecular flexibility index (Phi) is 5.52. The molecule has 3 heteroatoms. The van der Waals surface area contributed by atoms with Gasteiger partial charge >= 0.3 is 0 Å². The lowest BCUT2D eigenvalue weighted by Crippen LogP contribution is -2.37. The molecule has 2 aromatic rings. The summed E-state index contributed by atoms with van der Waals surface area (Å²) in [4.78, 5) is 16.3. The predicted molar refractivity (Wildman–Crippen MR) is 85.7 cm³/mol. The maximum Gasteiger partial charge on any atom is 0.237 e. The van der Waals surface area contributed by atoms with Gasteiger partial charge in [0, 0.05) is 13.1 Å². The SMILES string of the molecule is CN(C)CC(=O)N(Cc1ccccc1)Cc1ccccc1. The molecule has 0 bridgehead atoms. The van der Waals surface area contributed by atoms with Gasteiger partial charge in [0.2, 0.25) is 5.91 Å². The summed E-state index contributed by atoms with van der Waals surface area (Å²) in [6, 6.07) is 20.2. The number of rotatable bonds is 6. The van der Waals surface area contributed by atoms with Crippen molar-refractivity contribution in [2.45, 2.75) is 13.1 Å². The Morgan fingerprint density at radius 2 is 1.24 bits per heavy atom. The zero-order valence-electron chi connectivity index (χ0n) is 12.7. The number of nitrogens with zero attached hydrogens (tertiary/aromatic N) is 2. The van der Waals surface area contributed by atoms with Crippen molar-refractivity contribution in [1.82, 2.24) is 9.80 Å². The van der Waals surface area contributed by atoms with Crippen LogP contribution in [0.2, 0.25) is 0 Å². The molecule has 0 unspecified atom stereocenters. The first-order valence-electron chi connectivity index (χ1n) is 7.15. The van der Waals surface area contributed by atoms with Crippen LogP contribution in [-0.4, -0.2) is 36.3 Å². The molecular weight excluding hydrogens is 260 g/mol. The third-order valence-electron chi connectivity index (χ3n) is 3.24. The fourth-order valence-corrected chi connectivity index (χ4v) is 2.21. The molecule has 0 aromatic heterocycles. The summed E-state index contributed by atoms with van der Waals surface area (Å²) in [5.41, 5.74) is 2.31. The number of carbonyl (C=O) groups excluding carboxylic acids is 1. The van der Waals surface area contributed by atoms with E-state index in [1.165, 1.54) is 0 Å². The van der Waals surface area contributed by atoms with Gasteiger partial charge < -0.3 is 9.80 Å². The van der Waals surface area contributed by atoms with Crippen LogP contribution in [0.1, 0.15) is 11.1 Å². The Morgan fingerprint density at radius 3 is 1.62 bits per heavy atom. The average molecular weight is 282 g/mol. The molecule has 0 saturated carbocycles. The molecule has 0 aliphatic heterocycles. The molecule has 0 aliphatic rings. The first kappa shape index (κ1) is 15.3. The van der Waals surface area contributed by atoms with Crippen molar-refractivity contribution in [3.05, 3.63) is 71.8 Å². The molecule has 21 heavy (non-hydrogen) atoms. The molecule has 0 saturated heterocycles. The molecule has 0 N–H and O–H groups in total. The molecule has 0 radical (unpaired) electrons. The Bertz CT molecular complexity index is 510. The van der Waals surface area contributed by atoms with Crippen LogP contribution in [-0.2, 0) is 17.9 Å². The van der Waals surface area contributed by atoms with Gasteiger partial charge in [-0.25, -0.2) is 0 Å². The Morgan fingerprint density at radius 1 is 0.810 bits per heavy atom. The van der Waals surface area contributed by atoms with E-state index in [9.17, 15) is 4.79 Å². The monoisotopic (exact) mass is 282 g/mol. The van der Waals surface area contributed by atoms with Gasteiger partial charge in [-0.05, 0) is 25.2 Å². The average Bonchev–Trinajstić information content (AvgIpc) is 2.48. The van der Waals surface area contributed by atoms with Gasteiger partial charge in [0.15, 0.2) is 0 Å². The van der Waals surface area contributed by atoms with Crippen LogP contribution in [0.3, 0.4) is 0 Å². The van der Waals surface area contributed by atoms with Crippen LogP contribution in [0.25, 0.3) is 0 Å². The van der Waals surface area contributed by atoms with Crippen LogP contribution >= 0.6 is 0 Å². The molecular formula is C18H22N2O. The van der Waals surface area contributed by atoms with Crippen molar-refractivity contribution >= 4 is 5.91 Å². The van der Waals surface area contributed by atoms with E-state index in [-0.39, 0.29) is 5.91 Å². The maximum absolute atomic E-state index is 12.4. The van der Waals surface area contributed by atoms with Crippen LogP contribution < -0.4 is 0 Å². The number of amides is 1. The molecule has 0 atom stereocenters. The quantitative estimate of drug-likeness (QED) is 0.813. The van der Waals surface area contributed by atoms with Gasteiger partial charge in [-0.1, -0.05) is 60.7 Å². The minimum absolute atomic E-state index is 0.146. The predicted octanol–water partition coefficient (Wildman–Crippen LogP) is 2.78.